The van der Waals surface area contributed by atoms with E-state index in [0.29, 0.717) is 5.92 Å². The smallest absolute Gasteiger partial charge is 0.122 e. The van der Waals surface area contributed by atoms with Crippen molar-refractivity contribution in [2.75, 3.05) is 13.2 Å². The number of nitrogens with two attached hydrogens (primary N) is 1. The van der Waals surface area contributed by atoms with Crippen molar-refractivity contribution in [2.45, 2.75) is 34.1 Å². The second-order valence-corrected chi connectivity index (χ2v) is 4.68. The maximum atomic E-state index is 5.79. The fourth-order valence-electron chi connectivity index (χ4n) is 1.58. The first-order valence-electron chi connectivity index (χ1n) is 5.95. The molecule has 1 aromatic rings. The van der Waals surface area contributed by atoms with E-state index in [4.69, 9.17) is 10.5 Å². The Hall–Kier alpha value is -1.02. The van der Waals surface area contributed by atoms with Gasteiger partial charge in [-0.3, -0.25) is 0 Å². The summed E-state index contributed by atoms with van der Waals surface area (Å²) in [4.78, 5) is 0. The molecule has 2 heteroatoms. The van der Waals surface area contributed by atoms with Crippen molar-refractivity contribution in [3.63, 3.8) is 0 Å². The maximum absolute atomic E-state index is 5.79. The van der Waals surface area contributed by atoms with Crippen LogP contribution in [0, 0.1) is 26.7 Å². The summed E-state index contributed by atoms with van der Waals surface area (Å²) in [5.41, 5.74) is 9.39. The van der Waals surface area contributed by atoms with Gasteiger partial charge in [-0.15, -0.1) is 0 Å². The minimum absolute atomic E-state index is 0.534. The van der Waals surface area contributed by atoms with Crippen molar-refractivity contribution in [3.05, 3.63) is 28.8 Å². The van der Waals surface area contributed by atoms with Gasteiger partial charge in [-0.1, -0.05) is 13.0 Å². The quantitative estimate of drug-likeness (QED) is 0.829. The van der Waals surface area contributed by atoms with Crippen LogP contribution in [0.1, 0.15) is 30.0 Å². The van der Waals surface area contributed by atoms with Gasteiger partial charge >= 0.3 is 0 Å². The maximum Gasteiger partial charge on any atom is 0.122 e. The minimum Gasteiger partial charge on any atom is -0.493 e. The van der Waals surface area contributed by atoms with Crippen molar-refractivity contribution in [3.8, 4) is 5.75 Å². The van der Waals surface area contributed by atoms with E-state index in [-0.39, 0.29) is 0 Å². The number of aryl methyl sites for hydroxylation is 3. The Labute approximate surface area is 98.8 Å². The Balaban J connectivity index is 2.57. The molecule has 16 heavy (non-hydrogen) atoms. The largest absolute Gasteiger partial charge is 0.493 e. The monoisotopic (exact) mass is 221 g/mol. The van der Waals surface area contributed by atoms with Crippen LogP contribution in [-0.4, -0.2) is 13.2 Å². The Kier molecular flexibility index (Phi) is 4.81. The molecule has 0 aliphatic rings. The fraction of sp³-hybridized carbons (Fsp3) is 0.571. The van der Waals surface area contributed by atoms with E-state index in [0.717, 1.165) is 25.3 Å². The van der Waals surface area contributed by atoms with Crippen molar-refractivity contribution < 1.29 is 4.74 Å². The molecule has 0 bridgehead atoms. The van der Waals surface area contributed by atoms with Crippen LogP contribution in [0.25, 0.3) is 0 Å². The topological polar surface area (TPSA) is 35.2 Å². The van der Waals surface area contributed by atoms with Gasteiger partial charge in [0.1, 0.15) is 5.75 Å². The molecule has 0 fully saturated rings. The van der Waals surface area contributed by atoms with Gasteiger partial charge in [-0.25, -0.2) is 0 Å². The molecule has 1 unspecified atom stereocenters. The van der Waals surface area contributed by atoms with Gasteiger partial charge in [-0.2, -0.15) is 0 Å². The Bertz CT molecular complexity index is 347. The van der Waals surface area contributed by atoms with Gasteiger partial charge in [0, 0.05) is 0 Å². The highest BCUT2D eigenvalue weighted by Gasteiger charge is 2.04. The van der Waals surface area contributed by atoms with E-state index in [1.54, 1.807) is 0 Å². The first-order chi connectivity index (χ1) is 7.54. The van der Waals surface area contributed by atoms with Gasteiger partial charge in [-0.05, 0) is 62.4 Å². The number of rotatable bonds is 5. The number of hydrogen-bond acceptors (Lipinski definition) is 2. The highest BCUT2D eigenvalue weighted by molar-refractivity contribution is 5.40. The lowest BCUT2D eigenvalue weighted by Crippen LogP contribution is -2.14. The standard InChI is InChI=1S/C14H23NO/c1-10(9-15)5-6-16-14-8-12(3)11(2)7-13(14)4/h7-8,10H,5-6,9,15H2,1-4H3. The van der Waals surface area contributed by atoms with E-state index in [1.807, 2.05) is 0 Å². The molecule has 0 aromatic heterocycles. The molecule has 90 valence electrons. The Morgan fingerprint density at radius 1 is 1.12 bits per heavy atom. The van der Waals surface area contributed by atoms with Crippen LogP contribution in [-0.2, 0) is 0 Å². The summed E-state index contributed by atoms with van der Waals surface area (Å²) >= 11 is 0. The molecule has 0 spiro atoms. The molecule has 2 N–H and O–H groups in total. The van der Waals surface area contributed by atoms with E-state index in [1.165, 1.54) is 16.7 Å². The number of benzene rings is 1. The average Bonchev–Trinajstić information content (AvgIpc) is 2.25. The van der Waals surface area contributed by atoms with Crippen LogP contribution in [0.15, 0.2) is 12.1 Å². The molecule has 0 saturated carbocycles. The highest BCUT2D eigenvalue weighted by Crippen LogP contribution is 2.22. The zero-order valence-corrected chi connectivity index (χ0v) is 10.8. The third-order valence-electron chi connectivity index (χ3n) is 3.06. The Morgan fingerprint density at radius 2 is 1.75 bits per heavy atom. The van der Waals surface area contributed by atoms with Crippen molar-refractivity contribution in [1.29, 1.82) is 0 Å². The van der Waals surface area contributed by atoms with E-state index in [2.05, 4.69) is 39.8 Å². The van der Waals surface area contributed by atoms with Gasteiger partial charge in [0.05, 0.1) is 6.61 Å². The lowest BCUT2D eigenvalue weighted by Gasteiger charge is -2.13. The average molecular weight is 221 g/mol. The predicted octanol–water partition coefficient (Wildman–Crippen LogP) is 2.98. The van der Waals surface area contributed by atoms with E-state index >= 15 is 0 Å². The number of hydrogen-bond donors (Lipinski definition) is 1. The van der Waals surface area contributed by atoms with Crippen LogP contribution < -0.4 is 10.5 Å². The van der Waals surface area contributed by atoms with Crippen LogP contribution in [0.5, 0.6) is 5.75 Å². The normalized spacial score (nSPS) is 12.6. The van der Waals surface area contributed by atoms with Gasteiger partial charge in [0.25, 0.3) is 0 Å². The molecule has 0 aliphatic heterocycles. The van der Waals surface area contributed by atoms with Crippen LogP contribution in [0.3, 0.4) is 0 Å². The summed E-state index contributed by atoms with van der Waals surface area (Å²) in [6.45, 7) is 9.97. The molecule has 1 aromatic carbocycles. The molecule has 0 radical (unpaired) electrons. The summed E-state index contributed by atoms with van der Waals surface area (Å²) in [7, 11) is 0. The SMILES string of the molecule is Cc1cc(C)c(OCCC(C)CN)cc1C. The third kappa shape index (κ3) is 3.53. The summed E-state index contributed by atoms with van der Waals surface area (Å²) < 4.78 is 5.79. The summed E-state index contributed by atoms with van der Waals surface area (Å²) in [5.74, 6) is 1.54. The molecular formula is C14H23NO. The molecule has 1 atom stereocenters. The lowest BCUT2D eigenvalue weighted by molar-refractivity contribution is 0.284. The van der Waals surface area contributed by atoms with Crippen molar-refractivity contribution >= 4 is 0 Å². The first kappa shape index (κ1) is 13.0. The first-order valence-corrected chi connectivity index (χ1v) is 5.95. The highest BCUT2D eigenvalue weighted by atomic mass is 16.5. The molecule has 0 heterocycles. The predicted molar refractivity (Wildman–Crippen MR) is 69.0 cm³/mol. The Morgan fingerprint density at radius 3 is 2.38 bits per heavy atom. The van der Waals surface area contributed by atoms with Crippen LogP contribution in [0.4, 0.5) is 0 Å². The van der Waals surface area contributed by atoms with E-state index in [9.17, 15) is 0 Å². The molecule has 2 nitrogen and oxygen atoms in total. The summed E-state index contributed by atoms with van der Waals surface area (Å²) in [5, 5.41) is 0. The zero-order chi connectivity index (χ0) is 12.1. The molecule has 0 aliphatic carbocycles. The van der Waals surface area contributed by atoms with Crippen LogP contribution in [0.2, 0.25) is 0 Å². The summed E-state index contributed by atoms with van der Waals surface area (Å²) in [6, 6.07) is 4.30. The zero-order valence-electron chi connectivity index (χ0n) is 10.8. The van der Waals surface area contributed by atoms with Crippen LogP contribution >= 0.6 is 0 Å². The van der Waals surface area contributed by atoms with Crippen molar-refractivity contribution in [2.24, 2.45) is 11.7 Å². The van der Waals surface area contributed by atoms with Gasteiger partial charge in [0.15, 0.2) is 0 Å². The number of ether oxygens (including phenoxy) is 1. The fourth-order valence-corrected chi connectivity index (χ4v) is 1.58. The van der Waals surface area contributed by atoms with Crippen molar-refractivity contribution in [1.82, 2.24) is 0 Å². The van der Waals surface area contributed by atoms with E-state index < -0.39 is 0 Å². The van der Waals surface area contributed by atoms with Gasteiger partial charge < -0.3 is 10.5 Å². The molecule has 0 saturated heterocycles. The molecule has 1 rings (SSSR count). The second-order valence-electron chi connectivity index (χ2n) is 4.68. The summed E-state index contributed by atoms with van der Waals surface area (Å²) in [6.07, 6.45) is 1.02. The molecular weight excluding hydrogens is 198 g/mol. The third-order valence-corrected chi connectivity index (χ3v) is 3.06. The lowest BCUT2D eigenvalue weighted by atomic mass is 10.1. The molecule has 0 amide bonds. The minimum atomic E-state index is 0.534. The van der Waals surface area contributed by atoms with Gasteiger partial charge in [0.2, 0.25) is 0 Å². The second kappa shape index (κ2) is 5.90.